The number of amides is 1. The van der Waals surface area contributed by atoms with Gasteiger partial charge < -0.3 is 5.32 Å². The Labute approximate surface area is 111 Å². The fourth-order valence-electron chi connectivity index (χ4n) is 1.82. The molecular formula is C13H17FN2OS. The molecule has 2 rings (SSSR count). The van der Waals surface area contributed by atoms with Crippen molar-refractivity contribution < 1.29 is 9.18 Å². The second-order valence-corrected chi connectivity index (χ2v) is 5.52. The van der Waals surface area contributed by atoms with E-state index in [-0.39, 0.29) is 11.7 Å². The van der Waals surface area contributed by atoms with Crippen molar-refractivity contribution in [3.05, 3.63) is 35.6 Å². The Bertz CT molecular complexity index is 390. The molecule has 0 aromatic heterocycles. The summed E-state index contributed by atoms with van der Waals surface area (Å²) in [5.74, 6) is 1.98. The average molecular weight is 268 g/mol. The number of thioether (sulfide) groups is 1. The summed E-state index contributed by atoms with van der Waals surface area (Å²) in [5.41, 5.74) is 0.916. The Morgan fingerprint density at radius 1 is 1.28 bits per heavy atom. The smallest absolute Gasteiger partial charge is 0.234 e. The Morgan fingerprint density at radius 3 is 2.61 bits per heavy atom. The molecule has 1 N–H and O–H groups in total. The third-order valence-electron chi connectivity index (χ3n) is 2.87. The van der Waals surface area contributed by atoms with Gasteiger partial charge in [0.25, 0.3) is 0 Å². The summed E-state index contributed by atoms with van der Waals surface area (Å²) in [4.78, 5) is 13.9. The van der Waals surface area contributed by atoms with E-state index in [4.69, 9.17) is 0 Å². The van der Waals surface area contributed by atoms with Crippen LogP contribution in [0.4, 0.5) is 4.39 Å². The lowest BCUT2D eigenvalue weighted by Gasteiger charge is -2.25. The van der Waals surface area contributed by atoms with Gasteiger partial charge in [-0.2, -0.15) is 11.8 Å². The molecule has 1 amide bonds. The zero-order valence-electron chi connectivity index (χ0n) is 10.2. The van der Waals surface area contributed by atoms with Crippen molar-refractivity contribution in [2.24, 2.45) is 0 Å². The van der Waals surface area contributed by atoms with Gasteiger partial charge in [0, 0.05) is 31.1 Å². The third kappa shape index (κ3) is 4.31. The molecule has 1 aromatic rings. The number of carbonyl (C=O) groups is 1. The Hall–Kier alpha value is -1.07. The van der Waals surface area contributed by atoms with E-state index in [1.165, 1.54) is 12.1 Å². The van der Waals surface area contributed by atoms with Crippen LogP contribution in [0, 0.1) is 5.82 Å². The molecule has 5 heteroatoms. The summed E-state index contributed by atoms with van der Waals surface area (Å²) in [5, 5.41) is 2.86. The summed E-state index contributed by atoms with van der Waals surface area (Å²) in [6.07, 6.45) is 0. The minimum Gasteiger partial charge on any atom is -0.351 e. The Kier molecular flexibility index (Phi) is 5.01. The fraction of sp³-hybridized carbons (Fsp3) is 0.462. The molecule has 1 aliphatic heterocycles. The van der Waals surface area contributed by atoms with Crippen molar-refractivity contribution in [2.75, 3.05) is 31.1 Å². The summed E-state index contributed by atoms with van der Waals surface area (Å²) in [6.45, 7) is 2.88. The number of hydrogen-bond donors (Lipinski definition) is 1. The van der Waals surface area contributed by atoms with Crippen LogP contribution < -0.4 is 5.32 Å². The van der Waals surface area contributed by atoms with Crippen molar-refractivity contribution in [3.8, 4) is 0 Å². The van der Waals surface area contributed by atoms with Gasteiger partial charge in [-0.1, -0.05) is 12.1 Å². The van der Waals surface area contributed by atoms with Crippen LogP contribution in [0.1, 0.15) is 5.56 Å². The molecule has 3 nitrogen and oxygen atoms in total. The molecule has 0 bridgehead atoms. The fourth-order valence-corrected chi connectivity index (χ4v) is 2.80. The maximum absolute atomic E-state index is 12.7. The summed E-state index contributed by atoms with van der Waals surface area (Å²) >= 11 is 1.93. The van der Waals surface area contributed by atoms with Crippen molar-refractivity contribution in [1.82, 2.24) is 10.2 Å². The van der Waals surface area contributed by atoms with Crippen LogP contribution in [0.25, 0.3) is 0 Å². The van der Waals surface area contributed by atoms with E-state index in [1.54, 1.807) is 12.1 Å². The van der Waals surface area contributed by atoms with Crippen LogP contribution in [0.5, 0.6) is 0 Å². The zero-order chi connectivity index (χ0) is 12.8. The standard InChI is InChI=1S/C13H17FN2OS/c14-12-3-1-11(2-4-12)9-15-13(17)10-16-5-7-18-8-6-16/h1-4H,5-10H2,(H,15,17). The summed E-state index contributed by atoms with van der Waals surface area (Å²) in [6, 6.07) is 6.19. The first kappa shape index (κ1) is 13.4. The predicted molar refractivity (Wildman–Crippen MR) is 72.0 cm³/mol. The third-order valence-corrected chi connectivity index (χ3v) is 3.82. The second-order valence-electron chi connectivity index (χ2n) is 4.29. The lowest BCUT2D eigenvalue weighted by atomic mass is 10.2. The van der Waals surface area contributed by atoms with E-state index in [0.717, 1.165) is 30.2 Å². The summed E-state index contributed by atoms with van der Waals surface area (Å²) in [7, 11) is 0. The van der Waals surface area contributed by atoms with Crippen molar-refractivity contribution in [3.63, 3.8) is 0 Å². The highest BCUT2D eigenvalue weighted by Crippen LogP contribution is 2.08. The topological polar surface area (TPSA) is 32.3 Å². The van der Waals surface area contributed by atoms with Crippen LogP contribution in [0.15, 0.2) is 24.3 Å². The molecule has 1 aliphatic rings. The van der Waals surface area contributed by atoms with Crippen LogP contribution >= 0.6 is 11.8 Å². The monoisotopic (exact) mass is 268 g/mol. The first-order valence-electron chi connectivity index (χ1n) is 6.05. The molecule has 1 saturated heterocycles. The Balaban J connectivity index is 1.72. The molecule has 0 unspecified atom stereocenters. The molecule has 1 aromatic carbocycles. The number of benzene rings is 1. The largest absolute Gasteiger partial charge is 0.351 e. The van der Waals surface area contributed by atoms with E-state index in [0.29, 0.717) is 13.1 Å². The van der Waals surface area contributed by atoms with E-state index in [9.17, 15) is 9.18 Å². The van der Waals surface area contributed by atoms with E-state index < -0.39 is 0 Å². The molecule has 1 fully saturated rings. The van der Waals surface area contributed by atoms with Gasteiger partial charge in [0.2, 0.25) is 5.91 Å². The molecule has 18 heavy (non-hydrogen) atoms. The van der Waals surface area contributed by atoms with Crippen LogP contribution in [0.3, 0.4) is 0 Å². The lowest BCUT2D eigenvalue weighted by Crippen LogP contribution is -2.41. The number of carbonyl (C=O) groups excluding carboxylic acids is 1. The van der Waals surface area contributed by atoms with Gasteiger partial charge in [0.15, 0.2) is 0 Å². The SMILES string of the molecule is O=C(CN1CCSCC1)NCc1ccc(F)cc1. The Morgan fingerprint density at radius 2 is 1.94 bits per heavy atom. The molecule has 0 aliphatic carbocycles. The number of halogens is 1. The van der Waals surface area contributed by atoms with Gasteiger partial charge in [-0.3, -0.25) is 9.69 Å². The van der Waals surface area contributed by atoms with Crippen molar-refractivity contribution in [2.45, 2.75) is 6.54 Å². The first-order valence-corrected chi connectivity index (χ1v) is 7.21. The number of hydrogen-bond acceptors (Lipinski definition) is 3. The maximum Gasteiger partial charge on any atom is 0.234 e. The zero-order valence-corrected chi connectivity index (χ0v) is 11.0. The predicted octanol–water partition coefficient (Wildman–Crippen LogP) is 1.49. The van der Waals surface area contributed by atoms with Gasteiger partial charge in [0.1, 0.15) is 5.82 Å². The van der Waals surface area contributed by atoms with Gasteiger partial charge in [0.05, 0.1) is 6.54 Å². The van der Waals surface area contributed by atoms with Crippen molar-refractivity contribution in [1.29, 1.82) is 0 Å². The number of rotatable bonds is 4. The first-order chi connectivity index (χ1) is 8.74. The lowest BCUT2D eigenvalue weighted by molar-refractivity contribution is -0.122. The van der Waals surface area contributed by atoms with Crippen LogP contribution in [-0.2, 0) is 11.3 Å². The van der Waals surface area contributed by atoms with Crippen LogP contribution in [0.2, 0.25) is 0 Å². The van der Waals surface area contributed by atoms with Gasteiger partial charge >= 0.3 is 0 Å². The molecule has 1 heterocycles. The van der Waals surface area contributed by atoms with E-state index in [1.807, 2.05) is 11.8 Å². The highest BCUT2D eigenvalue weighted by Gasteiger charge is 2.13. The number of nitrogens with one attached hydrogen (secondary N) is 1. The van der Waals surface area contributed by atoms with Crippen molar-refractivity contribution >= 4 is 17.7 Å². The van der Waals surface area contributed by atoms with E-state index in [2.05, 4.69) is 10.2 Å². The highest BCUT2D eigenvalue weighted by molar-refractivity contribution is 7.99. The molecule has 0 saturated carbocycles. The minimum atomic E-state index is -0.254. The molecule has 0 radical (unpaired) electrons. The molecule has 0 atom stereocenters. The molecule has 0 spiro atoms. The minimum absolute atomic E-state index is 0.0335. The maximum atomic E-state index is 12.7. The molecular weight excluding hydrogens is 251 g/mol. The quantitative estimate of drug-likeness (QED) is 0.898. The van der Waals surface area contributed by atoms with Gasteiger partial charge in [-0.25, -0.2) is 4.39 Å². The highest BCUT2D eigenvalue weighted by atomic mass is 32.2. The van der Waals surface area contributed by atoms with Crippen LogP contribution in [-0.4, -0.2) is 41.9 Å². The summed E-state index contributed by atoms with van der Waals surface area (Å²) < 4.78 is 12.7. The van der Waals surface area contributed by atoms with Gasteiger partial charge in [-0.15, -0.1) is 0 Å². The average Bonchev–Trinajstić information content (AvgIpc) is 2.39. The number of nitrogens with zero attached hydrogens (tertiary/aromatic N) is 1. The van der Waals surface area contributed by atoms with Gasteiger partial charge in [-0.05, 0) is 17.7 Å². The normalized spacial score (nSPS) is 16.5. The van der Waals surface area contributed by atoms with E-state index >= 15 is 0 Å². The second kappa shape index (κ2) is 6.75. The molecule has 98 valence electrons.